The molecule has 1 amide bonds. The lowest BCUT2D eigenvalue weighted by Crippen LogP contribution is -2.23. The first kappa shape index (κ1) is 20.8. The molecule has 1 fully saturated rings. The number of hydrogen-bond donors (Lipinski definition) is 0. The van der Waals surface area contributed by atoms with Gasteiger partial charge < -0.3 is 9.64 Å². The molecule has 158 valence electrons. The zero-order chi connectivity index (χ0) is 21.6. The standard InChI is InChI=1S/C23H21ClN4O3/c24-19-8-6-18(7-9-19)21(14-27-16-25-15-26-27)31-23(30)12-5-17-3-10-20(11-4-17)28-13-1-2-22(28)29/h3-12,15-16,21H,1-2,13-14H2/b12-5+. The molecule has 1 unspecified atom stereocenters. The van der Waals surface area contributed by atoms with E-state index in [1.165, 1.54) is 12.4 Å². The predicted molar refractivity (Wildman–Crippen MR) is 117 cm³/mol. The Labute approximate surface area is 184 Å². The fourth-order valence-corrected chi connectivity index (χ4v) is 3.54. The second-order valence-electron chi connectivity index (χ2n) is 7.17. The number of aromatic nitrogens is 3. The summed E-state index contributed by atoms with van der Waals surface area (Å²) in [6.07, 6.45) is 7.01. The molecule has 2 aromatic carbocycles. The summed E-state index contributed by atoms with van der Waals surface area (Å²) >= 11 is 5.97. The molecule has 0 aliphatic carbocycles. The first-order valence-electron chi connectivity index (χ1n) is 9.95. The molecular formula is C23H21ClN4O3. The Morgan fingerprint density at radius 3 is 2.58 bits per heavy atom. The average molecular weight is 437 g/mol. The Morgan fingerprint density at radius 1 is 1.16 bits per heavy atom. The summed E-state index contributed by atoms with van der Waals surface area (Å²) in [5.41, 5.74) is 2.52. The number of esters is 1. The van der Waals surface area contributed by atoms with Crippen molar-refractivity contribution in [2.24, 2.45) is 0 Å². The first-order chi connectivity index (χ1) is 15.1. The van der Waals surface area contributed by atoms with Crippen molar-refractivity contribution in [2.45, 2.75) is 25.5 Å². The summed E-state index contributed by atoms with van der Waals surface area (Å²) < 4.78 is 7.29. The van der Waals surface area contributed by atoms with Crippen LogP contribution < -0.4 is 4.90 Å². The minimum Gasteiger partial charge on any atom is -0.452 e. The van der Waals surface area contributed by atoms with Crippen LogP contribution in [-0.4, -0.2) is 33.2 Å². The summed E-state index contributed by atoms with van der Waals surface area (Å²) in [5, 5.41) is 4.69. The lowest BCUT2D eigenvalue weighted by molar-refractivity contribution is -0.144. The molecule has 1 aliphatic heterocycles. The molecule has 4 rings (SSSR count). The van der Waals surface area contributed by atoms with Gasteiger partial charge in [0.05, 0.1) is 6.54 Å². The molecule has 31 heavy (non-hydrogen) atoms. The van der Waals surface area contributed by atoms with Crippen LogP contribution in [0.15, 0.2) is 67.3 Å². The van der Waals surface area contributed by atoms with Crippen molar-refractivity contribution in [1.82, 2.24) is 14.8 Å². The quantitative estimate of drug-likeness (QED) is 0.412. The molecule has 1 atom stereocenters. The molecule has 0 bridgehead atoms. The molecule has 0 saturated carbocycles. The van der Waals surface area contributed by atoms with Crippen molar-refractivity contribution in [3.05, 3.63) is 83.4 Å². The Hall–Kier alpha value is -3.45. The molecule has 1 saturated heterocycles. The third kappa shape index (κ3) is 5.38. The molecule has 2 heterocycles. The Kier molecular flexibility index (Phi) is 6.43. The van der Waals surface area contributed by atoms with Crippen LogP contribution in [0, 0.1) is 0 Å². The fraction of sp³-hybridized carbons (Fsp3) is 0.217. The molecular weight excluding hydrogens is 416 g/mol. The number of anilines is 1. The minimum atomic E-state index is -0.542. The highest BCUT2D eigenvalue weighted by molar-refractivity contribution is 6.30. The maximum absolute atomic E-state index is 12.5. The summed E-state index contributed by atoms with van der Waals surface area (Å²) in [6.45, 7) is 1.08. The number of carbonyl (C=O) groups excluding carboxylic acids is 2. The number of hydrogen-bond acceptors (Lipinski definition) is 5. The highest BCUT2D eigenvalue weighted by Crippen LogP contribution is 2.23. The van der Waals surface area contributed by atoms with E-state index in [0.29, 0.717) is 18.0 Å². The summed E-state index contributed by atoms with van der Waals surface area (Å²) in [7, 11) is 0. The summed E-state index contributed by atoms with van der Waals surface area (Å²) in [5.74, 6) is -0.327. The highest BCUT2D eigenvalue weighted by Gasteiger charge is 2.21. The lowest BCUT2D eigenvalue weighted by atomic mass is 10.1. The number of rotatable bonds is 7. The normalized spacial score (nSPS) is 14.9. The zero-order valence-corrected chi connectivity index (χ0v) is 17.5. The van der Waals surface area contributed by atoms with E-state index < -0.39 is 12.1 Å². The number of halogens is 1. The lowest BCUT2D eigenvalue weighted by Gasteiger charge is -2.17. The number of nitrogens with zero attached hydrogens (tertiary/aromatic N) is 4. The van der Waals surface area contributed by atoms with Crippen molar-refractivity contribution in [3.8, 4) is 0 Å². The van der Waals surface area contributed by atoms with Gasteiger partial charge >= 0.3 is 5.97 Å². The van der Waals surface area contributed by atoms with Gasteiger partial charge in [-0.05, 0) is 47.9 Å². The number of amides is 1. The SMILES string of the molecule is O=C(/C=C/c1ccc(N2CCCC2=O)cc1)OC(Cn1cncn1)c1ccc(Cl)cc1. The Bertz CT molecular complexity index is 1060. The van der Waals surface area contributed by atoms with Crippen LogP contribution in [-0.2, 0) is 20.9 Å². The van der Waals surface area contributed by atoms with Gasteiger partial charge in [-0.25, -0.2) is 14.5 Å². The van der Waals surface area contributed by atoms with Gasteiger partial charge in [-0.2, -0.15) is 5.10 Å². The first-order valence-corrected chi connectivity index (χ1v) is 10.3. The van der Waals surface area contributed by atoms with Crippen LogP contribution in [0.1, 0.15) is 30.1 Å². The van der Waals surface area contributed by atoms with Gasteiger partial charge in [-0.1, -0.05) is 35.9 Å². The molecule has 0 N–H and O–H groups in total. The molecule has 8 heteroatoms. The van der Waals surface area contributed by atoms with Crippen molar-refractivity contribution >= 4 is 35.2 Å². The maximum Gasteiger partial charge on any atom is 0.331 e. The van der Waals surface area contributed by atoms with Crippen LogP contribution in [0.3, 0.4) is 0 Å². The van der Waals surface area contributed by atoms with Crippen LogP contribution in [0.25, 0.3) is 6.08 Å². The monoisotopic (exact) mass is 436 g/mol. The van der Waals surface area contributed by atoms with Crippen LogP contribution in [0.5, 0.6) is 0 Å². The second kappa shape index (κ2) is 9.57. The van der Waals surface area contributed by atoms with Gasteiger partial charge in [0, 0.05) is 29.8 Å². The van der Waals surface area contributed by atoms with Crippen molar-refractivity contribution in [1.29, 1.82) is 0 Å². The van der Waals surface area contributed by atoms with E-state index in [1.807, 2.05) is 36.4 Å². The van der Waals surface area contributed by atoms with Gasteiger partial charge in [0.2, 0.25) is 5.91 Å². The second-order valence-corrected chi connectivity index (χ2v) is 7.60. The maximum atomic E-state index is 12.5. The van der Waals surface area contributed by atoms with Crippen molar-refractivity contribution in [2.75, 3.05) is 11.4 Å². The number of carbonyl (C=O) groups is 2. The van der Waals surface area contributed by atoms with E-state index in [-0.39, 0.29) is 5.91 Å². The Morgan fingerprint density at radius 2 is 1.94 bits per heavy atom. The van der Waals surface area contributed by atoms with E-state index >= 15 is 0 Å². The molecule has 1 aliphatic rings. The van der Waals surface area contributed by atoms with Gasteiger partial charge in [0.25, 0.3) is 0 Å². The van der Waals surface area contributed by atoms with Crippen molar-refractivity contribution in [3.63, 3.8) is 0 Å². The number of ether oxygens (including phenoxy) is 1. The van der Waals surface area contributed by atoms with E-state index in [4.69, 9.17) is 16.3 Å². The third-order valence-electron chi connectivity index (χ3n) is 5.01. The smallest absolute Gasteiger partial charge is 0.331 e. The van der Waals surface area contributed by atoms with Crippen LogP contribution >= 0.6 is 11.6 Å². The summed E-state index contributed by atoms with van der Waals surface area (Å²) in [6, 6.07) is 14.7. The Balaban J connectivity index is 1.42. The average Bonchev–Trinajstić information content (AvgIpc) is 3.44. The van der Waals surface area contributed by atoms with Gasteiger partial charge in [-0.3, -0.25) is 4.79 Å². The van der Waals surface area contributed by atoms with E-state index in [0.717, 1.165) is 29.8 Å². The van der Waals surface area contributed by atoms with Gasteiger partial charge in [0.15, 0.2) is 0 Å². The van der Waals surface area contributed by atoms with E-state index in [9.17, 15) is 9.59 Å². The third-order valence-corrected chi connectivity index (χ3v) is 5.26. The number of benzene rings is 2. The topological polar surface area (TPSA) is 77.3 Å². The molecule has 0 spiro atoms. The minimum absolute atomic E-state index is 0.146. The molecule has 0 radical (unpaired) electrons. The summed E-state index contributed by atoms with van der Waals surface area (Å²) in [4.78, 5) is 30.1. The molecule has 1 aromatic heterocycles. The van der Waals surface area contributed by atoms with Gasteiger partial charge in [0.1, 0.15) is 18.8 Å². The highest BCUT2D eigenvalue weighted by atomic mass is 35.5. The molecule has 3 aromatic rings. The fourth-order valence-electron chi connectivity index (χ4n) is 3.42. The zero-order valence-electron chi connectivity index (χ0n) is 16.7. The van der Waals surface area contributed by atoms with E-state index in [1.54, 1.807) is 34.1 Å². The van der Waals surface area contributed by atoms with E-state index in [2.05, 4.69) is 10.1 Å². The predicted octanol–water partition coefficient (Wildman–Crippen LogP) is 4.06. The largest absolute Gasteiger partial charge is 0.452 e. The van der Waals surface area contributed by atoms with Crippen LogP contribution in [0.2, 0.25) is 5.02 Å². The van der Waals surface area contributed by atoms with Gasteiger partial charge in [-0.15, -0.1) is 0 Å². The molecule has 7 nitrogen and oxygen atoms in total. The van der Waals surface area contributed by atoms with Crippen LogP contribution in [0.4, 0.5) is 5.69 Å². The van der Waals surface area contributed by atoms with Crippen molar-refractivity contribution < 1.29 is 14.3 Å².